The quantitative estimate of drug-likeness (QED) is 0.665. The van der Waals surface area contributed by atoms with E-state index in [-0.39, 0.29) is 12.2 Å². The maximum absolute atomic E-state index is 12.6. The summed E-state index contributed by atoms with van der Waals surface area (Å²) in [6.07, 6.45) is 3.90. The maximum atomic E-state index is 12.6. The lowest BCUT2D eigenvalue weighted by Gasteiger charge is -2.39. The van der Waals surface area contributed by atoms with Crippen LogP contribution in [0.5, 0.6) is 11.5 Å². The van der Waals surface area contributed by atoms with Crippen molar-refractivity contribution in [2.45, 2.75) is 26.6 Å². The molecule has 3 aromatic rings. The Balaban J connectivity index is 1.62. The van der Waals surface area contributed by atoms with E-state index in [1.807, 2.05) is 50.4 Å². The van der Waals surface area contributed by atoms with Gasteiger partial charge in [0.05, 0.1) is 25.8 Å². The average Bonchev–Trinajstić information content (AvgIpc) is 3.08. The number of aryl methyl sites for hydroxylation is 1. The Bertz CT molecular complexity index is 1160. The second-order valence-corrected chi connectivity index (χ2v) is 7.26. The van der Waals surface area contributed by atoms with E-state index in [1.54, 1.807) is 7.11 Å². The molecule has 0 spiro atoms. The van der Waals surface area contributed by atoms with Crippen molar-refractivity contribution < 1.29 is 19.0 Å². The van der Waals surface area contributed by atoms with Crippen LogP contribution in [-0.2, 0) is 11.3 Å². The van der Waals surface area contributed by atoms with Crippen molar-refractivity contribution in [1.29, 1.82) is 0 Å². The van der Waals surface area contributed by atoms with Crippen molar-refractivity contribution in [2.75, 3.05) is 13.7 Å². The number of nitrogens with zero attached hydrogens (tertiary/aromatic N) is 1. The van der Waals surface area contributed by atoms with E-state index in [4.69, 9.17) is 14.2 Å². The van der Waals surface area contributed by atoms with Gasteiger partial charge in [-0.15, -0.1) is 0 Å². The third kappa shape index (κ3) is 2.67. The molecule has 5 rings (SSSR count). The van der Waals surface area contributed by atoms with Crippen LogP contribution in [0.25, 0.3) is 17.0 Å². The SMILES string of the molecule is CCOC(=O)c1c(C)[nH]c2ccc3c(c12)CN1C=Cc2cc(OC)ccc2C1O3. The summed E-state index contributed by atoms with van der Waals surface area (Å²) in [4.78, 5) is 18.1. The Kier molecular flexibility index (Phi) is 4.01. The minimum atomic E-state index is -0.307. The number of H-pyrrole nitrogens is 1. The summed E-state index contributed by atoms with van der Waals surface area (Å²) in [6, 6.07) is 9.95. The van der Waals surface area contributed by atoms with Crippen LogP contribution in [0.4, 0.5) is 0 Å². The molecule has 29 heavy (non-hydrogen) atoms. The highest BCUT2D eigenvalue weighted by Gasteiger charge is 2.33. The molecule has 0 aliphatic carbocycles. The molecule has 0 saturated carbocycles. The van der Waals surface area contributed by atoms with E-state index in [0.717, 1.165) is 44.8 Å². The van der Waals surface area contributed by atoms with Gasteiger partial charge in [-0.05, 0) is 55.8 Å². The summed E-state index contributed by atoms with van der Waals surface area (Å²) < 4.78 is 17.1. The second kappa shape index (κ2) is 6.58. The molecule has 1 atom stereocenters. The number of carbonyl (C=O) groups excluding carboxylic acids is 1. The maximum Gasteiger partial charge on any atom is 0.340 e. The number of esters is 1. The van der Waals surface area contributed by atoms with Crippen LogP contribution in [-0.4, -0.2) is 29.6 Å². The molecule has 6 heteroatoms. The van der Waals surface area contributed by atoms with E-state index in [0.29, 0.717) is 18.7 Å². The molecular formula is C23H22N2O4. The first-order chi connectivity index (χ1) is 14.1. The Labute approximate surface area is 168 Å². The largest absolute Gasteiger partial charge is 0.497 e. The van der Waals surface area contributed by atoms with Gasteiger partial charge in [-0.3, -0.25) is 0 Å². The molecule has 1 N–H and O–H groups in total. The molecule has 0 saturated heterocycles. The van der Waals surface area contributed by atoms with Gasteiger partial charge in [-0.2, -0.15) is 0 Å². The number of fused-ring (bicyclic) bond motifs is 6. The van der Waals surface area contributed by atoms with Crippen molar-refractivity contribution in [3.05, 3.63) is 64.5 Å². The molecule has 0 amide bonds. The molecular weight excluding hydrogens is 368 g/mol. The number of aromatic nitrogens is 1. The van der Waals surface area contributed by atoms with Crippen LogP contribution in [0, 0.1) is 6.92 Å². The molecule has 6 nitrogen and oxygen atoms in total. The van der Waals surface area contributed by atoms with E-state index >= 15 is 0 Å². The number of rotatable bonds is 3. The van der Waals surface area contributed by atoms with Crippen molar-refractivity contribution in [2.24, 2.45) is 0 Å². The van der Waals surface area contributed by atoms with Gasteiger partial charge in [0.1, 0.15) is 11.5 Å². The highest BCUT2D eigenvalue weighted by atomic mass is 16.5. The summed E-state index contributed by atoms with van der Waals surface area (Å²) in [7, 11) is 1.67. The van der Waals surface area contributed by atoms with Crippen molar-refractivity contribution >= 4 is 22.9 Å². The minimum Gasteiger partial charge on any atom is -0.497 e. The summed E-state index contributed by atoms with van der Waals surface area (Å²) in [5.41, 5.74) is 5.48. The Hall–Kier alpha value is -3.41. The van der Waals surface area contributed by atoms with Crippen LogP contribution >= 0.6 is 0 Å². The van der Waals surface area contributed by atoms with E-state index in [2.05, 4.69) is 16.0 Å². The van der Waals surface area contributed by atoms with Crippen LogP contribution < -0.4 is 9.47 Å². The Morgan fingerprint density at radius 2 is 2.17 bits per heavy atom. The Morgan fingerprint density at radius 3 is 2.97 bits per heavy atom. The zero-order valence-electron chi connectivity index (χ0n) is 16.6. The van der Waals surface area contributed by atoms with E-state index in [9.17, 15) is 4.79 Å². The van der Waals surface area contributed by atoms with Crippen molar-refractivity contribution in [3.8, 4) is 11.5 Å². The fraction of sp³-hybridized carbons (Fsp3) is 0.261. The standard InChI is InChI=1S/C23H22N2O4/c1-4-28-23(26)20-13(2)24-18-7-8-19-17(21(18)20)12-25-10-9-14-11-15(27-3)5-6-16(14)22(25)29-19/h5-11,22,24H,4,12H2,1-3H3. The van der Waals surface area contributed by atoms with E-state index < -0.39 is 0 Å². The zero-order valence-corrected chi connectivity index (χ0v) is 16.6. The van der Waals surface area contributed by atoms with Gasteiger partial charge in [0.15, 0.2) is 6.23 Å². The lowest BCUT2D eigenvalue weighted by atomic mass is 9.97. The third-order valence-electron chi connectivity index (χ3n) is 5.58. The van der Waals surface area contributed by atoms with Crippen LogP contribution in [0.1, 0.15) is 45.9 Å². The van der Waals surface area contributed by atoms with Crippen molar-refractivity contribution in [3.63, 3.8) is 0 Å². The molecule has 3 heterocycles. The van der Waals surface area contributed by atoms with Gasteiger partial charge in [0, 0.05) is 33.9 Å². The molecule has 2 aromatic carbocycles. The lowest BCUT2D eigenvalue weighted by Crippen LogP contribution is -2.34. The number of aromatic amines is 1. The average molecular weight is 390 g/mol. The summed E-state index contributed by atoms with van der Waals surface area (Å²) >= 11 is 0. The molecule has 148 valence electrons. The number of carbonyl (C=O) groups is 1. The van der Waals surface area contributed by atoms with Crippen molar-refractivity contribution in [1.82, 2.24) is 9.88 Å². The molecule has 0 radical (unpaired) electrons. The zero-order chi connectivity index (χ0) is 20.1. The smallest absolute Gasteiger partial charge is 0.340 e. The summed E-state index contributed by atoms with van der Waals surface area (Å²) in [5, 5.41) is 0.880. The normalized spacial score (nSPS) is 16.7. The first-order valence-corrected chi connectivity index (χ1v) is 9.70. The minimum absolute atomic E-state index is 0.211. The number of hydrogen-bond acceptors (Lipinski definition) is 5. The van der Waals surface area contributed by atoms with Gasteiger partial charge in [0.2, 0.25) is 0 Å². The summed E-state index contributed by atoms with van der Waals surface area (Å²) in [6.45, 7) is 4.70. The first-order valence-electron chi connectivity index (χ1n) is 9.70. The first kappa shape index (κ1) is 17.7. The number of nitrogens with one attached hydrogen (secondary N) is 1. The van der Waals surface area contributed by atoms with Gasteiger partial charge in [0.25, 0.3) is 0 Å². The highest BCUT2D eigenvalue weighted by Crippen LogP contribution is 2.43. The van der Waals surface area contributed by atoms with E-state index in [1.165, 1.54) is 0 Å². The molecule has 2 aliphatic rings. The molecule has 1 aromatic heterocycles. The highest BCUT2D eigenvalue weighted by molar-refractivity contribution is 6.07. The van der Waals surface area contributed by atoms with Gasteiger partial charge in [-0.1, -0.05) is 0 Å². The van der Waals surface area contributed by atoms with Crippen LogP contribution in [0.2, 0.25) is 0 Å². The fourth-order valence-electron chi connectivity index (χ4n) is 4.25. The molecule has 0 bridgehead atoms. The Morgan fingerprint density at radius 1 is 1.31 bits per heavy atom. The number of ether oxygens (including phenoxy) is 3. The fourth-order valence-corrected chi connectivity index (χ4v) is 4.25. The monoisotopic (exact) mass is 390 g/mol. The van der Waals surface area contributed by atoms with Crippen LogP contribution in [0.15, 0.2) is 36.5 Å². The number of benzene rings is 2. The number of hydrogen-bond donors (Lipinski definition) is 1. The molecule has 0 fully saturated rings. The lowest BCUT2D eigenvalue weighted by molar-refractivity contribution is 0.0331. The van der Waals surface area contributed by atoms with Gasteiger partial charge in [-0.25, -0.2) is 4.79 Å². The van der Waals surface area contributed by atoms with Crippen LogP contribution in [0.3, 0.4) is 0 Å². The van der Waals surface area contributed by atoms with Gasteiger partial charge < -0.3 is 24.1 Å². The topological polar surface area (TPSA) is 63.8 Å². The third-order valence-corrected chi connectivity index (χ3v) is 5.58. The predicted molar refractivity (Wildman–Crippen MR) is 110 cm³/mol. The second-order valence-electron chi connectivity index (χ2n) is 7.26. The summed E-state index contributed by atoms with van der Waals surface area (Å²) in [5.74, 6) is 1.31. The number of methoxy groups -OCH3 is 1. The van der Waals surface area contributed by atoms with Gasteiger partial charge >= 0.3 is 5.97 Å². The molecule has 2 aliphatic heterocycles. The predicted octanol–water partition coefficient (Wildman–Crippen LogP) is 4.54. The molecule has 1 unspecified atom stereocenters.